The van der Waals surface area contributed by atoms with Gasteiger partial charge in [-0.25, -0.2) is 0 Å². The summed E-state index contributed by atoms with van der Waals surface area (Å²) in [5, 5.41) is 0. The Kier molecular flexibility index (Phi) is 8.89. The average molecular weight is 320 g/mol. The molecule has 0 aliphatic rings. The van der Waals surface area contributed by atoms with Crippen molar-refractivity contribution in [1.29, 1.82) is 0 Å². The van der Waals surface area contributed by atoms with Gasteiger partial charge in [0.2, 0.25) is 0 Å². The summed E-state index contributed by atoms with van der Waals surface area (Å²) >= 11 is 0. The highest BCUT2D eigenvalue weighted by atomic mass is 28.4. The summed E-state index contributed by atoms with van der Waals surface area (Å²) < 4.78 is 13.1. The summed E-state index contributed by atoms with van der Waals surface area (Å²) in [6.07, 6.45) is 1.66. The molecule has 0 aromatic heterocycles. The van der Waals surface area contributed by atoms with Gasteiger partial charge in [-0.05, 0) is 39.0 Å². The first-order chi connectivity index (χ1) is 9.12. The highest BCUT2D eigenvalue weighted by Gasteiger charge is 2.26. The van der Waals surface area contributed by atoms with Gasteiger partial charge in [-0.1, -0.05) is 19.6 Å². The minimum atomic E-state index is -1.46. The number of hydrogen-bond donors (Lipinski definition) is 0. The predicted molar refractivity (Wildman–Crippen MR) is 90.1 cm³/mol. The van der Waals surface area contributed by atoms with Gasteiger partial charge in [0.05, 0.1) is 13.0 Å². The summed E-state index contributed by atoms with van der Waals surface area (Å²) in [6, 6.07) is 1.17. The number of ether oxygens (including phenoxy) is 1. The molecule has 0 rings (SSSR count). The van der Waals surface area contributed by atoms with Crippen LogP contribution in [0.25, 0.3) is 0 Å². The van der Waals surface area contributed by atoms with Gasteiger partial charge in [0, 0.05) is 13.7 Å². The summed E-state index contributed by atoms with van der Waals surface area (Å²) in [7, 11) is -1.02. The maximum atomic E-state index is 11.5. The van der Waals surface area contributed by atoms with Crippen LogP contribution in [0.2, 0.25) is 38.8 Å². The van der Waals surface area contributed by atoms with Crippen molar-refractivity contribution < 1.29 is 14.0 Å². The van der Waals surface area contributed by atoms with Crippen LogP contribution in [-0.4, -0.2) is 53.9 Å². The molecule has 20 heavy (non-hydrogen) atoms. The van der Waals surface area contributed by atoms with Crippen LogP contribution in [0, 0.1) is 0 Å². The lowest BCUT2D eigenvalue weighted by Crippen LogP contribution is -2.47. The summed E-state index contributed by atoms with van der Waals surface area (Å²) in [6.45, 7) is 15.7. The largest absolute Gasteiger partial charge is 0.466 e. The fourth-order valence-corrected chi connectivity index (χ4v) is 4.86. The Morgan fingerprint density at radius 2 is 1.70 bits per heavy atom. The second-order valence-corrected chi connectivity index (χ2v) is 16.2. The molecule has 4 nitrogen and oxygen atoms in total. The molecule has 120 valence electrons. The van der Waals surface area contributed by atoms with Crippen LogP contribution < -0.4 is 0 Å². The van der Waals surface area contributed by atoms with E-state index in [4.69, 9.17) is 9.16 Å². The summed E-state index contributed by atoms with van der Waals surface area (Å²) in [5.74, 6) is -0.0812. The second-order valence-electron chi connectivity index (χ2n) is 6.78. The molecule has 0 fully saturated rings. The number of carbonyl (C=O) groups excluding carboxylic acids is 1. The molecule has 0 aromatic carbocycles. The van der Waals surface area contributed by atoms with Crippen molar-refractivity contribution in [2.24, 2.45) is 0 Å². The molecule has 0 aliphatic heterocycles. The lowest BCUT2D eigenvalue weighted by Gasteiger charge is -2.34. The van der Waals surface area contributed by atoms with Crippen LogP contribution in [0.3, 0.4) is 0 Å². The van der Waals surface area contributed by atoms with Gasteiger partial charge < -0.3 is 13.7 Å². The van der Waals surface area contributed by atoms with Gasteiger partial charge in [-0.2, -0.15) is 0 Å². The van der Waals surface area contributed by atoms with E-state index >= 15 is 0 Å². The Labute approximate surface area is 127 Å². The van der Waals surface area contributed by atoms with Crippen LogP contribution in [0.1, 0.15) is 19.8 Å². The first-order valence-electron chi connectivity index (χ1n) is 7.58. The summed E-state index contributed by atoms with van der Waals surface area (Å²) in [4.78, 5) is 11.5. The Hall–Kier alpha value is -0.176. The average Bonchev–Trinajstić information content (AvgIpc) is 2.32. The highest BCUT2D eigenvalue weighted by molar-refractivity contribution is 6.73. The molecule has 0 unspecified atom stereocenters. The molecule has 6 heteroatoms. The smallest absolute Gasteiger partial charge is 0.307 e. The van der Waals surface area contributed by atoms with E-state index in [0.717, 1.165) is 19.5 Å². The number of esters is 1. The maximum absolute atomic E-state index is 11.5. The molecular formula is C14H33NO3Si2. The van der Waals surface area contributed by atoms with Crippen molar-refractivity contribution in [3.63, 3.8) is 0 Å². The Morgan fingerprint density at radius 3 is 2.15 bits per heavy atom. The minimum absolute atomic E-state index is 0.0812. The van der Waals surface area contributed by atoms with Crippen molar-refractivity contribution in [1.82, 2.24) is 4.57 Å². The molecule has 0 bridgehead atoms. The van der Waals surface area contributed by atoms with Gasteiger partial charge >= 0.3 is 5.97 Å². The van der Waals surface area contributed by atoms with Crippen LogP contribution >= 0.6 is 0 Å². The van der Waals surface area contributed by atoms with Gasteiger partial charge in [0.25, 0.3) is 0 Å². The van der Waals surface area contributed by atoms with Crippen molar-refractivity contribution in [3.05, 3.63) is 0 Å². The van der Waals surface area contributed by atoms with Crippen LogP contribution in [0.5, 0.6) is 0 Å². The number of nitrogens with zero attached hydrogens (tertiary/aromatic N) is 1. The standard InChI is InChI=1S/C14H33NO3Si2/c1-8-18-14(16)10-12-15(19(3,4)5)11-9-13-20(6,7)17-2/h8-13H2,1-7H3. The first kappa shape index (κ1) is 19.8. The maximum Gasteiger partial charge on any atom is 0.307 e. The molecule has 0 heterocycles. The zero-order valence-electron chi connectivity index (χ0n) is 14.4. The van der Waals surface area contributed by atoms with Crippen LogP contribution in [0.4, 0.5) is 0 Å². The Bertz CT molecular complexity index is 291. The van der Waals surface area contributed by atoms with E-state index in [9.17, 15) is 4.79 Å². The van der Waals surface area contributed by atoms with E-state index in [0.29, 0.717) is 13.0 Å². The fourth-order valence-electron chi connectivity index (χ4n) is 2.04. The number of rotatable bonds is 10. The highest BCUT2D eigenvalue weighted by Crippen LogP contribution is 2.16. The lowest BCUT2D eigenvalue weighted by molar-refractivity contribution is -0.143. The Morgan fingerprint density at radius 1 is 1.10 bits per heavy atom. The first-order valence-corrected chi connectivity index (χ1v) is 14.1. The van der Waals surface area contributed by atoms with E-state index in [1.807, 2.05) is 14.0 Å². The molecule has 0 saturated heterocycles. The second kappa shape index (κ2) is 8.97. The van der Waals surface area contributed by atoms with Crippen LogP contribution in [-0.2, 0) is 14.0 Å². The molecule has 0 radical (unpaired) electrons. The molecule has 0 spiro atoms. The predicted octanol–water partition coefficient (Wildman–Crippen LogP) is 3.32. The number of carbonyl (C=O) groups is 1. The molecular weight excluding hydrogens is 286 g/mol. The molecule has 0 saturated carbocycles. The van der Waals surface area contributed by atoms with Crippen molar-refractivity contribution in [2.45, 2.75) is 58.5 Å². The normalized spacial score (nSPS) is 12.8. The van der Waals surface area contributed by atoms with Crippen LogP contribution in [0.15, 0.2) is 0 Å². The number of hydrogen-bond acceptors (Lipinski definition) is 4. The van der Waals surface area contributed by atoms with Gasteiger partial charge in [0.15, 0.2) is 8.32 Å². The quantitative estimate of drug-likeness (QED) is 0.457. The van der Waals surface area contributed by atoms with E-state index in [2.05, 4.69) is 37.3 Å². The van der Waals surface area contributed by atoms with Crippen molar-refractivity contribution in [3.8, 4) is 0 Å². The molecule has 0 N–H and O–H groups in total. The SMILES string of the molecule is CCOC(=O)CCN(CCC[Si](C)(C)OC)[Si](C)(C)C. The third kappa shape index (κ3) is 8.89. The monoisotopic (exact) mass is 319 g/mol. The molecule has 0 amide bonds. The fraction of sp³-hybridized carbons (Fsp3) is 0.929. The van der Waals surface area contributed by atoms with E-state index in [1.54, 1.807) is 0 Å². The zero-order chi connectivity index (χ0) is 15.8. The molecule has 0 aliphatic carbocycles. The van der Waals surface area contributed by atoms with E-state index in [-0.39, 0.29) is 5.97 Å². The molecule has 0 aromatic rings. The molecule has 0 atom stereocenters. The third-order valence-corrected chi connectivity index (χ3v) is 8.61. The van der Waals surface area contributed by atoms with Gasteiger partial charge in [-0.15, -0.1) is 0 Å². The minimum Gasteiger partial charge on any atom is -0.466 e. The topological polar surface area (TPSA) is 38.8 Å². The van der Waals surface area contributed by atoms with Gasteiger partial charge in [0.1, 0.15) is 8.24 Å². The third-order valence-electron chi connectivity index (χ3n) is 3.60. The zero-order valence-corrected chi connectivity index (χ0v) is 16.4. The van der Waals surface area contributed by atoms with Crippen molar-refractivity contribution >= 4 is 22.5 Å². The lowest BCUT2D eigenvalue weighted by atomic mass is 10.4. The van der Waals surface area contributed by atoms with E-state index < -0.39 is 16.6 Å². The van der Waals surface area contributed by atoms with Crippen molar-refractivity contribution in [2.75, 3.05) is 26.8 Å². The Balaban J connectivity index is 4.27. The van der Waals surface area contributed by atoms with E-state index in [1.165, 1.54) is 6.04 Å². The van der Waals surface area contributed by atoms with Gasteiger partial charge in [-0.3, -0.25) is 4.79 Å². The summed E-state index contributed by atoms with van der Waals surface area (Å²) in [5.41, 5.74) is 0.